The van der Waals surface area contributed by atoms with Crippen LogP contribution in [0.25, 0.3) is 0 Å². The molecular formula is C15H27N3OS. The van der Waals surface area contributed by atoms with Gasteiger partial charge < -0.3 is 15.0 Å². The van der Waals surface area contributed by atoms with Crippen molar-refractivity contribution in [1.82, 2.24) is 10.3 Å². The highest BCUT2D eigenvalue weighted by Gasteiger charge is 2.33. The number of aromatic nitrogens is 1. The minimum atomic E-state index is 0.0316. The summed E-state index contributed by atoms with van der Waals surface area (Å²) < 4.78 is 5.60. The standard InChI is InChI=1S/C15H27N3OS/c1-6-12-13(9-16-11(2)3)20-14(17-12)18-7-8-19-10-15(18,4)5/h11,16H,6-10H2,1-5H3. The van der Waals surface area contributed by atoms with Gasteiger partial charge >= 0.3 is 0 Å². The molecule has 0 spiro atoms. The highest BCUT2D eigenvalue weighted by Crippen LogP contribution is 2.33. The molecular weight excluding hydrogens is 270 g/mol. The van der Waals surface area contributed by atoms with E-state index in [2.05, 4.69) is 44.8 Å². The molecule has 0 atom stereocenters. The maximum atomic E-state index is 5.60. The molecule has 0 amide bonds. The summed E-state index contributed by atoms with van der Waals surface area (Å²) in [5, 5.41) is 4.65. The third-order valence-corrected chi connectivity index (χ3v) is 4.77. The molecule has 1 aromatic heterocycles. The van der Waals surface area contributed by atoms with Gasteiger partial charge in [0.15, 0.2) is 5.13 Å². The van der Waals surface area contributed by atoms with Crippen LogP contribution in [0.4, 0.5) is 5.13 Å². The van der Waals surface area contributed by atoms with Crippen LogP contribution in [0.1, 0.15) is 45.2 Å². The van der Waals surface area contributed by atoms with Crippen molar-refractivity contribution in [1.29, 1.82) is 0 Å². The molecule has 0 aromatic carbocycles. The van der Waals surface area contributed by atoms with Gasteiger partial charge in [-0.3, -0.25) is 0 Å². The van der Waals surface area contributed by atoms with Crippen molar-refractivity contribution in [2.75, 3.05) is 24.7 Å². The number of rotatable bonds is 5. The minimum absolute atomic E-state index is 0.0316. The number of nitrogens with zero attached hydrogens (tertiary/aromatic N) is 2. The third-order valence-electron chi connectivity index (χ3n) is 3.65. The van der Waals surface area contributed by atoms with Crippen LogP contribution >= 0.6 is 11.3 Å². The van der Waals surface area contributed by atoms with Crippen LogP contribution in [0.2, 0.25) is 0 Å². The van der Waals surface area contributed by atoms with Crippen LogP contribution in [0.15, 0.2) is 0 Å². The summed E-state index contributed by atoms with van der Waals surface area (Å²) in [5.41, 5.74) is 1.27. The van der Waals surface area contributed by atoms with Crippen LogP contribution in [0, 0.1) is 0 Å². The second kappa shape index (κ2) is 6.41. The van der Waals surface area contributed by atoms with E-state index < -0.39 is 0 Å². The Morgan fingerprint density at radius 3 is 2.80 bits per heavy atom. The fourth-order valence-corrected chi connectivity index (χ4v) is 3.70. The molecule has 20 heavy (non-hydrogen) atoms. The van der Waals surface area contributed by atoms with Gasteiger partial charge in [-0.15, -0.1) is 11.3 Å². The fraction of sp³-hybridized carbons (Fsp3) is 0.800. The van der Waals surface area contributed by atoms with E-state index in [-0.39, 0.29) is 5.54 Å². The summed E-state index contributed by atoms with van der Waals surface area (Å²) in [7, 11) is 0. The molecule has 1 N–H and O–H groups in total. The summed E-state index contributed by atoms with van der Waals surface area (Å²) in [6.45, 7) is 14.4. The van der Waals surface area contributed by atoms with Gasteiger partial charge in [0.2, 0.25) is 0 Å². The molecule has 1 aromatic rings. The molecule has 1 aliphatic heterocycles. The molecule has 2 heterocycles. The number of thiazole rings is 1. The number of nitrogens with one attached hydrogen (secondary N) is 1. The molecule has 4 nitrogen and oxygen atoms in total. The van der Waals surface area contributed by atoms with Gasteiger partial charge in [-0.2, -0.15) is 0 Å². The second-order valence-electron chi connectivity index (χ2n) is 6.27. The first kappa shape index (κ1) is 15.7. The van der Waals surface area contributed by atoms with Crippen molar-refractivity contribution in [2.24, 2.45) is 0 Å². The number of anilines is 1. The van der Waals surface area contributed by atoms with Crippen LogP contribution in [-0.2, 0) is 17.7 Å². The highest BCUT2D eigenvalue weighted by molar-refractivity contribution is 7.15. The van der Waals surface area contributed by atoms with Crippen LogP contribution < -0.4 is 10.2 Å². The average molecular weight is 297 g/mol. The summed E-state index contributed by atoms with van der Waals surface area (Å²) in [6, 6.07) is 0.505. The van der Waals surface area contributed by atoms with Gasteiger partial charge in [-0.25, -0.2) is 4.98 Å². The van der Waals surface area contributed by atoms with Gasteiger partial charge in [0, 0.05) is 24.0 Å². The predicted octanol–water partition coefficient (Wildman–Crippen LogP) is 2.82. The topological polar surface area (TPSA) is 37.4 Å². The Balaban J connectivity index is 2.19. The maximum Gasteiger partial charge on any atom is 0.186 e. The van der Waals surface area contributed by atoms with Crippen molar-refractivity contribution < 1.29 is 4.74 Å². The molecule has 0 saturated carbocycles. The number of hydrogen-bond donors (Lipinski definition) is 1. The first-order valence-corrected chi connectivity index (χ1v) is 8.33. The average Bonchev–Trinajstić information content (AvgIpc) is 2.78. The lowest BCUT2D eigenvalue weighted by Crippen LogP contribution is -2.53. The van der Waals surface area contributed by atoms with Crippen LogP contribution in [-0.4, -0.2) is 36.3 Å². The number of morpholine rings is 1. The Hall–Kier alpha value is -0.650. The summed E-state index contributed by atoms with van der Waals surface area (Å²) in [4.78, 5) is 8.65. The van der Waals surface area contributed by atoms with Crippen molar-refractivity contribution in [3.8, 4) is 0 Å². The maximum absolute atomic E-state index is 5.60. The van der Waals surface area contributed by atoms with Gasteiger partial charge in [-0.05, 0) is 20.3 Å². The zero-order valence-electron chi connectivity index (χ0n) is 13.3. The van der Waals surface area contributed by atoms with Crippen LogP contribution in [0.3, 0.4) is 0 Å². The van der Waals surface area contributed by atoms with Crippen molar-refractivity contribution >= 4 is 16.5 Å². The molecule has 2 rings (SSSR count). The van der Waals surface area contributed by atoms with Gasteiger partial charge in [0.05, 0.1) is 24.4 Å². The van der Waals surface area contributed by atoms with E-state index in [1.807, 2.05) is 11.3 Å². The van der Waals surface area contributed by atoms with Gasteiger partial charge in [-0.1, -0.05) is 20.8 Å². The van der Waals surface area contributed by atoms with Crippen molar-refractivity contribution in [3.63, 3.8) is 0 Å². The zero-order chi connectivity index (χ0) is 14.8. The van der Waals surface area contributed by atoms with E-state index in [9.17, 15) is 0 Å². The van der Waals surface area contributed by atoms with Crippen LogP contribution in [0.5, 0.6) is 0 Å². The Bertz CT molecular complexity index is 442. The second-order valence-corrected chi connectivity index (χ2v) is 7.33. The predicted molar refractivity (Wildman–Crippen MR) is 85.7 cm³/mol. The Morgan fingerprint density at radius 1 is 1.45 bits per heavy atom. The van der Waals surface area contributed by atoms with Gasteiger partial charge in [0.1, 0.15) is 0 Å². The van der Waals surface area contributed by atoms with Crippen molar-refractivity contribution in [2.45, 2.75) is 59.2 Å². The summed E-state index contributed by atoms with van der Waals surface area (Å²) >= 11 is 1.83. The lowest BCUT2D eigenvalue weighted by molar-refractivity contribution is 0.0643. The monoisotopic (exact) mass is 297 g/mol. The Labute approximate surface area is 126 Å². The normalized spacial score (nSPS) is 18.8. The van der Waals surface area contributed by atoms with Gasteiger partial charge in [0.25, 0.3) is 0 Å². The molecule has 0 bridgehead atoms. The largest absolute Gasteiger partial charge is 0.377 e. The number of aryl methyl sites for hydroxylation is 1. The third kappa shape index (κ3) is 3.51. The first-order valence-electron chi connectivity index (χ1n) is 7.51. The van der Waals surface area contributed by atoms with E-state index >= 15 is 0 Å². The van der Waals surface area contributed by atoms with Crippen molar-refractivity contribution in [3.05, 3.63) is 10.6 Å². The molecule has 0 radical (unpaired) electrons. The summed E-state index contributed by atoms with van der Waals surface area (Å²) in [5.74, 6) is 0. The SMILES string of the molecule is CCc1nc(N2CCOCC2(C)C)sc1CNC(C)C. The molecule has 1 aliphatic rings. The molecule has 5 heteroatoms. The molecule has 1 saturated heterocycles. The number of ether oxygens (including phenoxy) is 1. The lowest BCUT2D eigenvalue weighted by Gasteiger charge is -2.42. The van der Waals surface area contributed by atoms with E-state index in [0.717, 1.165) is 37.9 Å². The Kier molecular flexibility index (Phi) is 5.04. The minimum Gasteiger partial charge on any atom is -0.377 e. The lowest BCUT2D eigenvalue weighted by atomic mass is 10.0. The van der Waals surface area contributed by atoms with E-state index in [1.165, 1.54) is 10.6 Å². The molecule has 0 aliphatic carbocycles. The zero-order valence-corrected chi connectivity index (χ0v) is 14.1. The fourth-order valence-electron chi connectivity index (χ4n) is 2.41. The Morgan fingerprint density at radius 2 is 2.20 bits per heavy atom. The quantitative estimate of drug-likeness (QED) is 0.907. The highest BCUT2D eigenvalue weighted by atomic mass is 32.1. The first-order chi connectivity index (χ1) is 9.44. The molecule has 114 valence electrons. The smallest absolute Gasteiger partial charge is 0.186 e. The molecule has 1 fully saturated rings. The van der Waals surface area contributed by atoms with E-state index in [0.29, 0.717) is 6.04 Å². The molecule has 0 unspecified atom stereocenters. The summed E-state index contributed by atoms with van der Waals surface area (Å²) in [6.07, 6.45) is 0.996. The van der Waals surface area contributed by atoms with E-state index in [4.69, 9.17) is 9.72 Å². The number of hydrogen-bond acceptors (Lipinski definition) is 5. The van der Waals surface area contributed by atoms with E-state index in [1.54, 1.807) is 0 Å².